The summed E-state index contributed by atoms with van der Waals surface area (Å²) in [5, 5.41) is 0. The largest absolute Gasteiger partial charge is 0.380 e. The summed E-state index contributed by atoms with van der Waals surface area (Å²) >= 11 is 0. The molecule has 3 nitrogen and oxygen atoms in total. The highest BCUT2D eigenvalue weighted by atomic mass is 16.5. The molecule has 0 radical (unpaired) electrons. The van der Waals surface area contributed by atoms with E-state index < -0.39 is 0 Å². The van der Waals surface area contributed by atoms with Gasteiger partial charge in [-0.2, -0.15) is 0 Å². The smallest absolute Gasteiger partial charge is 0.134 e. The second kappa shape index (κ2) is 7.80. The lowest BCUT2D eigenvalue weighted by molar-refractivity contribution is -0.122. The van der Waals surface area contributed by atoms with E-state index in [9.17, 15) is 4.79 Å². The molecule has 0 aromatic heterocycles. The van der Waals surface area contributed by atoms with Crippen LogP contribution in [0, 0.1) is 5.92 Å². The van der Waals surface area contributed by atoms with E-state index in [0.717, 1.165) is 52.1 Å². The van der Waals surface area contributed by atoms with Gasteiger partial charge >= 0.3 is 0 Å². The zero-order valence-electron chi connectivity index (χ0n) is 10.7. The van der Waals surface area contributed by atoms with Crippen LogP contribution in [0.1, 0.15) is 39.5 Å². The zero-order chi connectivity index (χ0) is 11.8. The number of hydrogen-bond acceptors (Lipinski definition) is 3. The Balaban J connectivity index is 2.10. The molecule has 16 heavy (non-hydrogen) atoms. The average molecular weight is 227 g/mol. The van der Waals surface area contributed by atoms with Crippen molar-refractivity contribution in [1.82, 2.24) is 4.90 Å². The molecule has 1 saturated heterocycles. The predicted octanol–water partition coefficient (Wildman–Crippen LogP) is 2.10. The maximum Gasteiger partial charge on any atom is 0.134 e. The number of rotatable bonds is 7. The molecule has 0 aromatic carbocycles. The van der Waals surface area contributed by atoms with Gasteiger partial charge in [0.2, 0.25) is 0 Å². The van der Waals surface area contributed by atoms with Crippen molar-refractivity contribution < 1.29 is 9.53 Å². The molecule has 0 N–H and O–H groups in total. The van der Waals surface area contributed by atoms with Crippen molar-refractivity contribution in [2.45, 2.75) is 39.5 Å². The molecular formula is C13H25NO2. The van der Waals surface area contributed by atoms with Crippen molar-refractivity contribution in [2.24, 2.45) is 5.92 Å². The fourth-order valence-corrected chi connectivity index (χ4v) is 2.13. The van der Waals surface area contributed by atoms with Crippen molar-refractivity contribution in [3.63, 3.8) is 0 Å². The van der Waals surface area contributed by atoms with Gasteiger partial charge in [-0.3, -0.25) is 4.79 Å². The SMILES string of the molecule is CCCCOCCN1CCCC(C(C)=O)C1. The molecule has 0 spiro atoms. The van der Waals surface area contributed by atoms with Gasteiger partial charge in [-0.25, -0.2) is 0 Å². The number of likely N-dealkylation sites (tertiary alicyclic amines) is 1. The first-order valence-corrected chi connectivity index (χ1v) is 6.54. The summed E-state index contributed by atoms with van der Waals surface area (Å²) in [5.74, 6) is 0.612. The Bertz CT molecular complexity index is 206. The summed E-state index contributed by atoms with van der Waals surface area (Å²) < 4.78 is 5.55. The van der Waals surface area contributed by atoms with Crippen LogP contribution in [-0.4, -0.2) is 43.5 Å². The highest BCUT2D eigenvalue weighted by Gasteiger charge is 2.22. The Hall–Kier alpha value is -0.410. The Morgan fingerprint density at radius 2 is 2.25 bits per heavy atom. The van der Waals surface area contributed by atoms with Gasteiger partial charge in [-0.15, -0.1) is 0 Å². The molecule has 0 amide bonds. The fourth-order valence-electron chi connectivity index (χ4n) is 2.13. The molecule has 1 fully saturated rings. The molecule has 0 aliphatic carbocycles. The standard InChI is InChI=1S/C13H25NO2/c1-3-4-9-16-10-8-14-7-5-6-13(11-14)12(2)15/h13H,3-11H2,1-2H3. The average Bonchev–Trinajstić information content (AvgIpc) is 2.29. The van der Waals surface area contributed by atoms with Crippen LogP contribution in [0.5, 0.6) is 0 Å². The fraction of sp³-hybridized carbons (Fsp3) is 0.923. The first-order chi connectivity index (χ1) is 7.74. The minimum atomic E-state index is 0.268. The van der Waals surface area contributed by atoms with Crippen LogP contribution < -0.4 is 0 Å². The van der Waals surface area contributed by atoms with Crippen molar-refractivity contribution in [2.75, 3.05) is 32.8 Å². The van der Waals surface area contributed by atoms with Gasteiger partial charge in [0.25, 0.3) is 0 Å². The van der Waals surface area contributed by atoms with Crippen LogP contribution in [0.15, 0.2) is 0 Å². The first kappa shape index (κ1) is 13.7. The van der Waals surface area contributed by atoms with E-state index in [4.69, 9.17) is 4.74 Å². The summed E-state index contributed by atoms with van der Waals surface area (Å²) in [5.41, 5.74) is 0. The summed E-state index contributed by atoms with van der Waals surface area (Å²) in [6.07, 6.45) is 4.56. The molecule has 0 saturated carbocycles. The van der Waals surface area contributed by atoms with Gasteiger partial charge in [-0.1, -0.05) is 13.3 Å². The van der Waals surface area contributed by atoms with E-state index in [-0.39, 0.29) is 5.92 Å². The van der Waals surface area contributed by atoms with Gasteiger partial charge in [0.1, 0.15) is 5.78 Å². The maximum atomic E-state index is 11.3. The van der Waals surface area contributed by atoms with Crippen molar-refractivity contribution >= 4 is 5.78 Å². The third kappa shape index (κ3) is 5.08. The van der Waals surface area contributed by atoms with Crippen molar-refractivity contribution in [3.8, 4) is 0 Å². The van der Waals surface area contributed by atoms with Crippen LogP contribution >= 0.6 is 0 Å². The van der Waals surface area contributed by atoms with Crippen molar-refractivity contribution in [3.05, 3.63) is 0 Å². The summed E-state index contributed by atoms with van der Waals surface area (Å²) in [6, 6.07) is 0. The number of piperidine rings is 1. The van der Waals surface area contributed by atoms with E-state index in [2.05, 4.69) is 11.8 Å². The van der Waals surface area contributed by atoms with E-state index >= 15 is 0 Å². The normalized spacial score (nSPS) is 22.2. The van der Waals surface area contributed by atoms with Crippen LogP contribution in [0.25, 0.3) is 0 Å². The van der Waals surface area contributed by atoms with Crippen LogP contribution in [-0.2, 0) is 9.53 Å². The van der Waals surface area contributed by atoms with E-state index in [1.54, 1.807) is 6.92 Å². The first-order valence-electron chi connectivity index (χ1n) is 6.54. The molecule has 0 aromatic rings. The number of hydrogen-bond donors (Lipinski definition) is 0. The Kier molecular flexibility index (Phi) is 6.65. The molecule has 1 atom stereocenters. The Morgan fingerprint density at radius 1 is 1.44 bits per heavy atom. The molecule has 3 heteroatoms. The summed E-state index contributed by atoms with van der Waals surface area (Å²) in [7, 11) is 0. The third-order valence-corrected chi connectivity index (χ3v) is 3.27. The number of carbonyl (C=O) groups excluding carboxylic acids is 1. The molecule has 94 valence electrons. The van der Waals surface area contributed by atoms with E-state index in [0.29, 0.717) is 5.78 Å². The highest BCUT2D eigenvalue weighted by molar-refractivity contribution is 5.78. The highest BCUT2D eigenvalue weighted by Crippen LogP contribution is 2.16. The van der Waals surface area contributed by atoms with Crippen LogP contribution in [0.3, 0.4) is 0 Å². The third-order valence-electron chi connectivity index (χ3n) is 3.27. The van der Waals surface area contributed by atoms with E-state index in [1.807, 2.05) is 0 Å². The summed E-state index contributed by atoms with van der Waals surface area (Å²) in [4.78, 5) is 13.7. The van der Waals surface area contributed by atoms with Gasteiger partial charge < -0.3 is 9.64 Å². The number of nitrogens with zero attached hydrogens (tertiary/aromatic N) is 1. The number of Topliss-reactive ketones (excluding diaryl/α,β-unsaturated/α-hetero) is 1. The number of carbonyl (C=O) groups is 1. The monoisotopic (exact) mass is 227 g/mol. The minimum absolute atomic E-state index is 0.268. The molecule has 0 bridgehead atoms. The summed E-state index contributed by atoms with van der Waals surface area (Å²) in [6.45, 7) is 8.61. The number of unbranched alkanes of at least 4 members (excludes halogenated alkanes) is 1. The van der Waals surface area contributed by atoms with Gasteiger partial charge in [0.15, 0.2) is 0 Å². The van der Waals surface area contributed by atoms with Crippen LogP contribution in [0.2, 0.25) is 0 Å². The van der Waals surface area contributed by atoms with Crippen molar-refractivity contribution in [1.29, 1.82) is 0 Å². The predicted molar refractivity (Wildman–Crippen MR) is 65.6 cm³/mol. The van der Waals surface area contributed by atoms with Gasteiger partial charge in [-0.05, 0) is 32.7 Å². The zero-order valence-corrected chi connectivity index (χ0v) is 10.7. The lowest BCUT2D eigenvalue weighted by Crippen LogP contribution is -2.39. The molecule has 1 unspecified atom stereocenters. The topological polar surface area (TPSA) is 29.5 Å². The van der Waals surface area contributed by atoms with Crippen LogP contribution in [0.4, 0.5) is 0 Å². The molecule has 1 aliphatic rings. The second-order valence-corrected chi connectivity index (χ2v) is 4.72. The number of ether oxygens (including phenoxy) is 1. The molecule has 1 rings (SSSR count). The Labute approximate surface area is 99.1 Å². The molecular weight excluding hydrogens is 202 g/mol. The Morgan fingerprint density at radius 3 is 2.94 bits per heavy atom. The van der Waals surface area contributed by atoms with E-state index in [1.165, 1.54) is 6.42 Å². The lowest BCUT2D eigenvalue weighted by atomic mass is 9.95. The lowest BCUT2D eigenvalue weighted by Gasteiger charge is -2.31. The maximum absolute atomic E-state index is 11.3. The molecule has 1 aliphatic heterocycles. The molecule has 1 heterocycles. The second-order valence-electron chi connectivity index (χ2n) is 4.72. The number of ketones is 1. The minimum Gasteiger partial charge on any atom is -0.380 e. The quantitative estimate of drug-likeness (QED) is 0.624. The van der Waals surface area contributed by atoms with Gasteiger partial charge in [0, 0.05) is 25.6 Å². The van der Waals surface area contributed by atoms with Gasteiger partial charge in [0.05, 0.1) is 6.61 Å².